The number of rotatable bonds is 21. The minimum Gasteiger partial charge on any atom is -0.481 e. The van der Waals surface area contributed by atoms with Gasteiger partial charge in [-0.2, -0.15) is 0 Å². The van der Waals surface area contributed by atoms with Crippen molar-refractivity contribution in [3.05, 3.63) is 0 Å². The quantitative estimate of drug-likeness (QED) is 0.158. The molecule has 0 aromatic heterocycles. The van der Waals surface area contributed by atoms with Crippen molar-refractivity contribution in [3.63, 3.8) is 0 Å². The van der Waals surface area contributed by atoms with Crippen LogP contribution in [0.3, 0.4) is 0 Å². The van der Waals surface area contributed by atoms with E-state index in [-0.39, 0.29) is 0 Å². The second-order valence-electron chi connectivity index (χ2n) is 9.27. The fourth-order valence-corrected chi connectivity index (χ4v) is 3.48. The summed E-state index contributed by atoms with van der Waals surface area (Å²) in [4.78, 5) is 20.5. The van der Waals surface area contributed by atoms with E-state index < -0.39 is 18.0 Å². The van der Waals surface area contributed by atoms with Gasteiger partial charge < -0.3 is 15.3 Å². The van der Waals surface area contributed by atoms with E-state index in [1.54, 1.807) is 0 Å². The van der Waals surface area contributed by atoms with Crippen molar-refractivity contribution < 1.29 is 24.9 Å². The van der Waals surface area contributed by atoms with E-state index in [0.717, 1.165) is 32.1 Å². The first-order chi connectivity index (χ1) is 14.8. The molecule has 0 spiro atoms. The Morgan fingerprint density at radius 1 is 0.613 bits per heavy atom. The van der Waals surface area contributed by atoms with Gasteiger partial charge in [-0.05, 0) is 18.8 Å². The van der Waals surface area contributed by atoms with Gasteiger partial charge in [0.2, 0.25) is 0 Å². The van der Waals surface area contributed by atoms with Gasteiger partial charge in [-0.15, -0.1) is 0 Å². The largest absolute Gasteiger partial charge is 0.481 e. The third kappa shape index (κ3) is 31.2. The van der Waals surface area contributed by atoms with Gasteiger partial charge in [0.1, 0.15) is 0 Å². The fraction of sp³-hybridized carbons (Fsp3) is 0.923. The van der Waals surface area contributed by atoms with E-state index in [4.69, 9.17) is 15.3 Å². The van der Waals surface area contributed by atoms with Gasteiger partial charge in [0.25, 0.3) is 0 Å². The maximum atomic E-state index is 10.4. The fourth-order valence-electron chi connectivity index (χ4n) is 3.48. The molecule has 3 N–H and O–H groups in total. The first kappa shape index (κ1) is 32.1. The molecule has 0 saturated heterocycles. The number of hydrogen-bond donors (Lipinski definition) is 3. The number of carboxylic acid groups (broad SMARTS) is 2. The van der Waals surface area contributed by atoms with Crippen molar-refractivity contribution in [3.8, 4) is 0 Å². The molecule has 0 aliphatic heterocycles. The van der Waals surface area contributed by atoms with Crippen LogP contribution in [0.1, 0.15) is 143 Å². The lowest BCUT2D eigenvalue weighted by molar-refractivity contribution is -0.147. The van der Waals surface area contributed by atoms with Gasteiger partial charge in [-0.3, -0.25) is 4.79 Å². The van der Waals surface area contributed by atoms with Crippen molar-refractivity contribution >= 4 is 11.9 Å². The summed E-state index contributed by atoms with van der Waals surface area (Å²) < 4.78 is 0. The molecule has 0 aromatic rings. The molecule has 186 valence electrons. The van der Waals surface area contributed by atoms with Crippen LogP contribution in [-0.2, 0) is 9.59 Å². The summed E-state index contributed by atoms with van der Waals surface area (Å²) in [6, 6.07) is 0. The van der Waals surface area contributed by atoms with Gasteiger partial charge in [-0.1, -0.05) is 124 Å². The van der Waals surface area contributed by atoms with Gasteiger partial charge >= 0.3 is 11.9 Å². The minimum atomic E-state index is -1.16. The molecule has 0 aliphatic rings. The molecule has 0 radical (unpaired) electrons. The lowest BCUT2D eigenvalue weighted by Crippen LogP contribution is -2.18. The SMILES string of the molecule is CC(C)CCCCC(=O)O.CCCCCCCCCCCCCCCCC(O)C(=O)O. The van der Waals surface area contributed by atoms with Gasteiger partial charge in [0.15, 0.2) is 6.10 Å². The lowest BCUT2D eigenvalue weighted by atomic mass is 10.0. The highest BCUT2D eigenvalue weighted by molar-refractivity contribution is 5.71. The van der Waals surface area contributed by atoms with Crippen LogP contribution in [0.5, 0.6) is 0 Å². The van der Waals surface area contributed by atoms with Crippen molar-refractivity contribution in [1.82, 2.24) is 0 Å². The maximum Gasteiger partial charge on any atom is 0.332 e. The van der Waals surface area contributed by atoms with E-state index in [2.05, 4.69) is 20.8 Å². The summed E-state index contributed by atoms with van der Waals surface area (Å²) in [5.41, 5.74) is 0. The zero-order valence-corrected chi connectivity index (χ0v) is 20.7. The molecule has 1 unspecified atom stereocenters. The highest BCUT2D eigenvalue weighted by Crippen LogP contribution is 2.13. The maximum absolute atomic E-state index is 10.4. The number of aliphatic hydroxyl groups is 1. The molecule has 0 saturated carbocycles. The molecule has 0 heterocycles. The average Bonchev–Trinajstić information content (AvgIpc) is 2.71. The predicted octanol–water partition coefficient (Wildman–Crippen LogP) is 7.59. The predicted molar refractivity (Wildman–Crippen MR) is 130 cm³/mol. The van der Waals surface area contributed by atoms with Crippen molar-refractivity contribution in [2.75, 3.05) is 0 Å². The summed E-state index contributed by atoms with van der Waals surface area (Å²) >= 11 is 0. The summed E-state index contributed by atoms with van der Waals surface area (Å²) in [7, 11) is 0. The van der Waals surface area contributed by atoms with Crippen LogP contribution in [0.15, 0.2) is 0 Å². The number of aliphatic carboxylic acids is 2. The highest BCUT2D eigenvalue weighted by atomic mass is 16.4. The third-order valence-corrected chi connectivity index (χ3v) is 5.54. The first-order valence-corrected chi connectivity index (χ1v) is 12.9. The Balaban J connectivity index is 0. The number of carboxylic acids is 2. The van der Waals surface area contributed by atoms with Crippen LogP contribution in [0.2, 0.25) is 0 Å². The molecule has 0 fully saturated rings. The topological polar surface area (TPSA) is 94.8 Å². The lowest BCUT2D eigenvalue weighted by Gasteiger charge is -2.05. The zero-order chi connectivity index (χ0) is 23.7. The summed E-state index contributed by atoms with van der Waals surface area (Å²) in [6.45, 7) is 6.57. The molecule has 1 atom stereocenters. The normalized spacial score (nSPS) is 11.8. The van der Waals surface area contributed by atoms with Crippen molar-refractivity contribution in [1.29, 1.82) is 0 Å². The molecule has 0 aromatic carbocycles. The number of carbonyl (C=O) groups is 2. The van der Waals surface area contributed by atoms with Gasteiger partial charge in [0, 0.05) is 6.42 Å². The Hall–Kier alpha value is -1.10. The van der Waals surface area contributed by atoms with Crippen molar-refractivity contribution in [2.24, 2.45) is 5.92 Å². The van der Waals surface area contributed by atoms with E-state index in [1.165, 1.54) is 77.0 Å². The smallest absolute Gasteiger partial charge is 0.332 e. The Bertz CT molecular complexity index is 395. The molecule has 31 heavy (non-hydrogen) atoms. The van der Waals surface area contributed by atoms with Crippen LogP contribution < -0.4 is 0 Å². The monoisotopic (exact) mass is 444 g/mol. The standard InChI is InChI=1S/C18H36O3.C8H16O2/c1-2-3-4-5-6-7-8-9-10-11-12-13-14-15-16-17(19)18(20)21;1-7(2)5-3-4-6-8(9)10/h17,19H,2-16H2,1H3,(H,20,21);7H,3-6H2,1-2H3,(H,9,10). The first-order valence-electron chi connectivity index (χ1n) is 12.9. The number of hydrogen-bond acceptors (Lipinski definition) is 3. The molecule has 5 nitrogen and oxygen atoms in total. The summed E-state index contributed by atoms with van der Waals surface area (Å²) in [5, 5.41) is 25.9. The van der Waals surface area contributed by atoms with Crippen LogP contribution in [0.25, 0.3) is 0 Å². The van der Waals surface area contributed by atoms with Crippen LogP contribution >= 0.6 is 0 Å². The molecule has 0 rings (SSSR count). The molecule has 0 bridgehead atoms. The van der Waals surface area contributed by atoms with E-state index in [1.807, 2.05) is 0 Å². The van der Waals surface area contributed by atoms with Crippen LogP contribution in [-0.4, -0.2) is 33.4 Å². The Morgan fingerprint density at radius 3 is 1.35 bits per heavy atom. The number of unbranched alkanes of at least 4 members (excludes halogenated alkanes) is 14. The van der Waals surface area contributed by atoms with E-state index in [0.29, 0.717) is 18.8 Å². The molecule has 5 heteroatoms. The Morgan fingerprint density at radius 2 is 1.00 bits per heavy atom. The van der Waals surface area contributed by atoms with Gasteiger partial charge in [-0.25, -0.2) is 4.79 Å². The molecular weight excluding hydrogens is 392 g/mol. The summed E-state index contributed by atoms with van der Waals surface area (Å²) in [5.74, 6) is -1.07. The number of aliphatic hydroxyl groups excluding tert-OH is 1. The highest BCUT2D eigenvalue weighted by Gasteiger charge is 2.11. The van der Waals surface area contributed by atoms with Crippen LogP contribution in [0.4, 0.5) is 0 Å². The molecular formula is C26H52O5. The summed E-state index contributed by atoms with van der Waals surface area (Å²) in [6.07, 6.45) is 20.6. The van der Waals surface area contributed by atoms with Crippen LogP contribution in [0, 0.1) is 5.92 Å². The van der Waals surface area contributed by atoms with E-state index >= 15 is 0 Å². The Kier molecular flexibility index (Phi) is 26.0. The second kappa shape index (κ2) is 25.2. The minimum absolute atomic E-state index is 0.326. The zero-order valence-electron chi connectivity index (χ0n) is 20.7. The van der Waals surface area contributed by atoms with E-state index in [9.17, 15) is 9.59 Å². The second-order valence-corrected chi connectivity index (χ2v) is 9.27. The molecule has 0 aliphatic carbocycles. The molecule has 0 amide bonds. The van der Waals surface area contributed by atoms with Crippen molar-refractivity contribution in [2.45, 2.75) is 149 Å². The third-order valence-electron chi connectivity index (χ3n) is 5.54. The van der Waals surface area contributed by atoms with Gasteiger partial charge in [0.05, 0.1) is 0 Å². The average molecular weight is 445 g/mol. The Labute approximate surface area is 192 Å².